The second-order valence-electron chi connectivity index (χ2n) is 2.83. The molecule has 0 saturated carbocycles. The van der Waals surface area contributed by atoms with Crippen molar-refractivity contribution in [3.05, 3.63) is 35.4 Å². The molecule has 4 N–H and O–H groups in total. The molecular weight excluding hydrogens is 174 g/mol. The van der Waals surface area contributed by atoms with E-state index in [1.165, 1.54) is 12.1 Å². The van der Waals surface area contributed by atoms with Crippen molar-refractivity contribution < 1.29 is 8.78 Å². The van der Waals surface area contributed by atoms with Crippen molar-refractivity contribution in [3.8, 4) is 0 Å². The third-order valence-electron chi connectivity index (χ3n) is 1.86. The number of rotatable bonds is 3. The summed E-state index contributed by atoms with van der Waals surface area (Å²) in [4.78, 5) is 0. The Labute approximate surface area is 75.5 Å². The van der Waals surface area contributed by atoms with Gasteiger partial charge in [-0.25, -0.2) is 8.78 Å². The van der Waals surface area contributed by atoms with Gasteiger partial charge in [-0.15, -0.1) is 0 Å². The molecule has 0 saturated heterocycles. The van der Waals surface area contributed by atoms with Crippen LogP contribution in [0.15, 0.2) is 18.2 Å². The van der Waals surface area contributed by atoms with Crippen molar-refractivity contribution in [2.24, 2.45) is 11.5 Å². The van der Waals surface area contributed by atoms with Crippen molar-refractivity contribution >= 4 is 0 Å². The van der Waals surface area contributed by atoms with Crippen LogP contribution in [-0.2, 0) is 0 Å². The fourth-order valence-electron chi connectivity index (χ4n) is 1.14. The highest BCUT2D eigenvalue weighted by Crippen LogP contribution is 2.19. The van der Waals surface area contributed by atoms with E-state index in [1.54, 1.807) is 0 Å². The normalized spacial score (nSPS) is 12.9. The van der Waals surface area contributed by atoms with Gasteiger partial charge in [0.25, 0.3) is 0 Å². The predicted octanol–water partition coefficient (Wildman–Crippen LogP) is 1.31. The van der Waals surface area contributed by atoms with Crippen LogP contribution in [-0.4, -0.2) is 6.54 Å². The number of halogens is 2. The number of hydrogen-bond acceptors (Lipinski definition) is 2. The molecule has 1 rings (SSSR count). The molecule has 0 aliphatic heterocycles. The summed E-state index contributed by atoms with van der Waals surface area (Å²) < 4.78 is 25.8. The number of nitrogens with two attached hydrogens (primary N) is 2. The maximum atomic E-state index is 13.1. The maximum Gasteiger partial charge on any atom is 0.163 e. The molecule has 0 bridgehead atoms. The Morgan fingerprint density at radius 1 is 1.31 bits per heavy atom. The quantitative estimate of drug-likeness (QED) is 0.747. The number of benzene rings is 1. The first-order valence-electron chi connectivity index (χ1n) is 4.06. The van der Waals surface area contributed by atoms with E-state index < -0.39 is 17.7 Å². The lowest BCUT2D eigenvalue weighted by molar-refractivity contribution is 0.484. The average Bonchev–Trinajstić information content (AvgIpc) is 2.10. The Morgan fingerprint density at radius 3 is 2.62 bits per heavy atom. The topological polar surface area (TPSA) is 52.0 Å². The van der Waals surface area contributed by atoms with E-state index in [2.05, 4.69) is 0 Å². The molecule has 1 aromatic carbocycles. The van der Waals surface area contributed by atoms with Crippen molar-refractivity contribution in [1.29, 1.82) is 0 Å². The third-order valence-corrected chi connectivity index (χ3v) is 1.86. The highest BCUT2D eigenvalue weighted by molar-refractivity contribution is 5.22. The monoisotopic (exact) mass is 186 g/mol. The molecule has 1 atom stereocenters. The summed E-state index contributed by atoms with van der Waals surface area (Å²) in [5.74, 6) is -1.74. The predicted molar refractivity (Wildman–Crippen MR) is 47.0 cm³/mol. The summed E-state index contributed by atoms with van der Waals surface area (Å²) >= 11 is 0. The SMILES string of the molecule is NCC[C@@H](N)c1cccc(F)c1F. The second kappa shape index (κ2) is 4.30. The van der Waals surface area contributed by atoms with Crippen LogP contribution in [0.3, 0.4) is 0 Å². The standard InChI is InChI=1S/C9H12F2N2/c10-7-3-1-2-6(9(7)11)8(13)4-5-12/h1-3,8H,4-5,12-13H2/t8-/m1/s1. The first kappa shape index (κ1) is 10.1. The van der Waals surface area contributed by atoms with E-state index in [-0.39, 0.29) is 5.56 Å². The van der Waals surface area contributed by atoms with E-state index in [0.29, 0.717) is 13.0 Å². The van der Waals surface area contributed by atoms with Gasteiger partial charge >= 0.3 is 0 Å². The van der Waals surface area contributed by atoms with Crippen LogP contribution in [0.1, 0.15) is 18.0 Å². The van der Waals surface area contributed by atoms with Crippen molar-refractivity contribution in [1.82, 2.24) is 0 Å². The Morgan fingerprint density at radius 2 is 2.00 bits per heavy atom. The highest BCUT2D eigenvalue weighted by Gasteiger charge is 2.13. The molecule has 1 aromatic rings. The van der Waals surface area contributed by atoms with Crippen molar-refractivity contribution in [2.75, 3.05) is 6.54 Å². The largest absolute Gasteiger partial charge is 0.330 e. The maximum absolute atomic E-state index is 13.1. The molecule has 0 aromatic heterocycles. The van der Waals surface area contributed by atoms with Crippen molar-refractivity contribution in [2.45, 2.75) is 12.5 Å². The van der Waals surface area contributed by atoms with Gasteiger partial charge in [0.15, 0.2) is 11.6 Å². The molecule has 0 amide bonds. The smallest absolute Gasteiger partial charge is 0.163 e. The highest BCUT2D eigenvalue weighted by atomic mass is 19.2. The second-order valence-corrected chi connectivity index (χ2v) is 2.83. The minimum Gasteiger partial charge on any atom is -0.330 e. The van der Waals surface area contributed by atoms with Crippen LogP contribution in [0.25, 0.3) is 0 Å². The van der Waals surface area contributed by atoms with E-state index in [9.17, 15) is 8.78 Å². The van der Waals surface area contributed by atoms with Crippen LogP contribution >= 0.6 is 0 Å². The summed E-state index contributed by atoms with van der Waals surface area (Å²) in [6, 6.07) is 3.44. The molecule has 0 unspecified atom stereocenters. The summed E-state index contributed by atoms with van der Waals surface area (Å²) in [7, 11) is 0. The van der Waals surface area contributed by atoms with Gasteiger partial charge in [0.1, 0.15) is 0 Å². The lowest BCUT2D eigenvalue weighted by atomic mass is 10.0. The van der Waals surface area contributed by atoms with Gasteiger partial charge in [0.2, 0.25) is 0 Å². The van der Waals surface area contributed by atoms with Gasteiger partial charge in [-0.05, 0) is 19.0 Å². The van der Waals surface area contributed by atoms with Gasteiger partial charge in [-0.2, -0.15) is 0 Å². The van der Waals surface area contributed by atoms with E-state index in [1.807, 2.05) is 0 Å². The number of hydrogen-bond donors (Lipinski definition) is 2. The van der Waals surface area contributed by atoms with E-state index >= 15 is 0 Å². The molecule has 0 spiro atoms. The van der Waals surface area contributed by atoms with Gasteiger partial charge in [0.05, 0.1) is 0 Å². The summed E-state index contributed by atoms with van der Waals surface area (Å²) in [5, 5.41) is 0. The summed E-state index contributed by atoms with van der Waals surface area (Å²) in [6.07, 6.45) is 0.445. The molecule has 0 radical (unpaired) electrons. The molecule has 72 valence electrons. The Kier molecular flexibility index (Phi) is 3.33. The average molecular weight is 186 g/mol. The zero-order valence-corrected chi connectivity index (χ0v) is 7.13. The lowest BCUT2D eigenvalue weighted by Gasteiger charge is -2.11. The van der Waals surface area contributed by atoms with Gasteiger partial charge in [0, 0.05) is 11.6 Å². The van der Waals surface area contributed by atoms with E-state index in [4.69, 9.17) is 11.5 Å². The fraction of sp³-hybridized carbons (Fsp3) is 0.333. The first-order valence-corrected chi connectivity index (χ1v) is 4.06. The lowest BCUT2D eigenvalue weighted by Crippen LogP contribution is -2.17. The van der Waals surface area contributed by atoms with E-state index in [0.717, 1.165) is 6.07 Å². The zero-order chi connectivity index (χ0) is 9.84. The first-order chi connectivity index (χ1) is 6.16. The molecule has 13 heavy (non-hydrogen) atoms. The summed E-state index contributed by atoms with van der Waals surface area (Å²) in [6.45, 7) is 0.358. The minimum atomic E-state index is -0.872. The van der Waals surface area contributed by atoms with Gasteiger partial charge in [-0.1, -0.05) is 12.1 Å². The molecule has 0 fully saturated rings. The van der Waals surface area contributed by atoms with Crippen LogP contribution in [0.2, 0.25) is 0 Å². The van der Waals surface area contributed by atoms with Crippen LogP contribution < -0.4 is 11.5 Å². The van der Waals surface area contributed by atoms with Crippen LogP contribution in [0, 0.1) is 11.6 Å². The molecule has 0 heterocycles. The molecule has 0 aliphatic carbocycles. The Hall–Kier alpha value is -1.00. The Balaban J connectivity index is 2.93. The molecular formula is C9H12F2N2. The van der Waals surface area contributed by atoms with Crippen LogP contribution in [0.4, 0.5) is 8.78 Å². The molecule has 0 aliphatic rings. The van der Waals surface area contributed by atoms with Crippen molar-refractivity contribution in [3.63, 3.8) is 0 Å². The molecule has 4 heteroatoms. The Bertz CT molecular complexity index is 289. The van der Waals surface area contributed by atoms with Crippen LogP contribution in [0.5, 0.6) is 0 Å². The molecule has 2 nitrogen and oxygen atoms in total. The minimum absolute atomic E-state index is 0.186. The zero-order valence-electron chi connectivity index (χ0n) is 7.13. The van der Waals surface area contributed by atoms with Gasteiger partial charge in [-0.3, -0.25) is 0 Å². The summed E-state index contributed by atoms with van der Waals surface area (Å²) in [5.41, 5.74) is 11.0. The third kappa shape index (κ3) is 2.23. The fourth-order valence-corrected chi connectivity index (χ4v) is 1.14. The van der Waals surface area contributed by atoms with Gasteiger partial charge < -0.3 is 11.5 Å².